The Kier molecular flexibility index (Phi) is 8.67. The van der Waals surface area contributed by atoms with Crippen molar-refractivity contribution in [2.24, 2.45) is 10.9 Å². The molecule has 2 saturated heterocycles. The van der Waals surface area contributed by atoms with E-state index in [1.54, 1.807) is 0 Å². The second-order valence-corrected chi connectivity index (χ2v) is 11.6. The van der Waals surface area contributed by atoms with Gasteiger partial charge in [-0.15, -0.1) is 0 Å². The summed E-state index contributed by atoms with van der Waals surface area (Å²) in [7, 11) is 1.40. The van der Waals surface area contributed by atoms with Crippen LogP contribution in [0.15, 0.2) is 65.9 Å². The Morgan fingerprint density at radius 2 is 1.51 bits per heavy atom. The van der Waals surface area contributed by atoms with Gasteiger partial charge in [0.1, 0.15) is 17.7 Å². The maximum absolute atomic E-state index is 13.4. The van der Waals surface area contributed by atoms with Gasteiger partial charge in [-0.1, -0.05) is 62.4 Å². The van der Waals surface area contributed by atoms with Crippen LogP contribution >= 0.6 is 0 Å². The Bertz CT molecular complexity index is 1540. The fourth-order valence-electron chi connectivity index (χ4n) is 6.05. The van der Waals surface area contributed by atoms with Gasteiger partial charge in [0.15, 0.2) is 0 Å². The molecule has 3 N–H and O–H groups in total. The Morgan fingerprint density at radius 3 is 2.09 bits per heavy atom. The van der Waals surface area contributed by atoms with Gasteiger partial charge in [0.05, 0.1) is 43.0 Å². The first-order valence-electron chi connectivity index (χ1n) is 15.1. The molecule has 2 fully saturated rings. The minimum absolute atomic E-state index is 0.0183. The molecule has 0 aliphatic carbocycles. The van der Waals surface area contributed by atoms with E-state index in [4.69, 9.17) is 4.89 Å². The molecule has 10 heteroatoms. The molecule has 0 saturated carbocycles. The summed E-state index contributed by atoms with van der Waals surface area (Å²) in [6, 6.07) is 16.7. The summed E-state index contributed by atoms with van der Waals surface area (Å²) in [5, 5.41) is 3.49. The van der Waals surface area contributed by atoms with Gasteiger partial charge in [-0.2, -0.15) is 4.89 Å². The normalized spacial score (nSPS) is 19.5. The number of nitrogens with one attached hydrogen (secondary N) is 3. The summed E-state index contributed by atoms with van der Waals surface area (Å²) in [6.45, 7) is 5.68. The van der Waals surface area contributed by atoms with Crippen molar-refractivity contribution in [2.45, 2.75) is 57.7 Å². The van der Waals surface area contributed by atoms with Crippen LogP contribution in [-0.4, -0.2) is 63.4 Å². The fourth-order valence-corrected chi connectivity index (χ4v) is 6.05. The molecule has 10 nitrogen and oxygen atoms in total. The topological polar surface area (TPSA) is 121 Å². The van der Waals surface area contributed by atoms with Gasteiger partial charge in [-0.05, 0) is 60.4 Å². The predicted molar refractivity (Wildman–Crippen MR) is 166 cm³/mol. The molecule has 2 aromatic heterocycles. The highest BCUT2D eigenvalue weighted by molar-refractivity contribution is 5.84. The largest absolute Gasteiger partial charge is 0.341 e. The van der Waals surface area contributed by atoms with Crippen LogP contribution in [0.3, 0.4) is 0 Å². The number of rotatable bonds is 10. The Labute approximate surface area is 251 Å². The van der Waals surface area contributed by atoms with Crippen LogP contribution in [0.2, 0.25) is 0 Å². The lowest BCUT2D eigenvalue weighted by Gasteiger charge is -2.27. The number of nitrogens with zero attached hydrogens (tertiary/aromatic N) is 4. The number of hydrogen-bond donors (Lipinski definition) is 3. The third-order valence-electron chi connectivity index (χ3n) is 8.40. The molecular formula is C33H39N7O3. The summed E-state index contributed by atoms with van der Waals surface area (Å²) in [4.78, 5) is 45.3. The monoisotopic (exact) mass is 581 g/mol. The molecule has 0 unspecified atom stereocenters. The molecule has 0 spiro atoms. The van der Waals surface area contributed by atoms with Crippen LogP contribution in [0.25, 0.3) is 33.6 Å². The van der Waals surface area contributed by atoms with Crippen molar-refractivity contribution >= 4 is 12.3 Å². The average Bonchev–Trinajstić information content (AvgIpc) is 3.86. The van der Waals surface area contributed by atoms with Crippen LogP contribution in [-0.2, 0) is 14.6 Å². The molecule has 2 aromatic carbocycles. The first-order valence-corrected chi connectivity index (χ1v) is 15.1. The highest BCUT2D eigenvalue weighted by Crippen LogP contribution is 2.34. The van der Waals surface area contributed by atoms with Crippen LogP contribution in [0, 0.1) is 5.92 Å². The zero-order valence-corrected chi connectivity index (χ0v) is 24.9. The molecule has 4 heterocycles. The highest BCUT2D eigenvalue weighted by Gasteiger charge is 2.36. The number of H-pyrrole nitrogens is 2. The van der Waals surface area contributed by atoms with Gasteiger partial charge in [0.2, 0.25) is 12.3 Å². The summed E-state index contributed by atoms with van der Waals surface area (Å²) < 4.78 is 0. The number of aromatic amines is 2. The lowest BCUT2D eigenvalue weighted by atomic mass is 10.0. The van der Waals surface area contributed by atoms with Crippen molar-refractivity contribution in [3.8, 4) is 33.6 Å². The van der Waals surface area contributed by atoms with E-state index in [-0.39, 0.29) is 17.9 Å². The van der Waals surface area contributed by atoms with Gasteiger partial charge in [-0.3, -0.25) is 4.79 Å². The smallest absolute Gasteiger partial charge is 0.248 e. The van der Waals surface area contributed by atoms with E-state index < -0.39 is 6.04 Å². The third-order valence-corrected chi connectivity index (χ3v) is 8.40. The number of hydrogen-bond acceptors (Lipinski definition) is 7. The molecule has 43 heavy (non-hydrogen) atoms. The Morgan fingerprint density at radius 1 is 0.907 bits per heavy atom. The van der Waals surface area contributed by atoms with Crippen molar-refractivity contribution < 1.29 is 14.6 Å². The average molecular weight is 582 g/mol. The van der Waals surface area contributed by atoms with Crippen molar-refractivity contribution in [1.29, 1.82) is 0 Å². The van der Waals surface area contributed by atoms with Crippen LogP contribution in [0.4, 0.5) is 0 Å². The van der Waals surface area contributed by atoms with E-state index in [9.17, 15) is 4.79 Å². The van der Waals surface area contributed by atoms with E-state index in [0.29, 0.717) is 12.6 Å². The lowest BCUT2D eigenvalue weighted by Crippen LogP contribution is -2.40. The maximum Gasteiger partial charge on any atom is 0.248 e. The zero-order valence-electron chi connectivity index (χ0n) is 24.9. The van der Waals surface area contributed by atoms with Gasteiger partial charge in [-0.25, -0.2) is 15.0 Å². The highest BCUT2D eigenvalue weighted by atomic mass is 17.2. The van der Waals surface area contributed by atoms with Crippen LogP contribution in [0.5, 0.6) is 0 Å². The Balaban J connectivity index is 1.13. The quantitative estimate of drug-likeness (QED) is 0.0935. The molecular weight excluding hydrogens is 542 g/mol. The molecule has 3 atom stereocenters. The molecule has 6 rings (SSSR count). The SMILES string of the molecule is COO/C=N/[C@H](C(=O)N1CCC[C@H]1c1ncc(-c2ccc(-c3ccc(-c4cnc([C@@H]5CCCN5)[nH]4)cc3)cc2)[nH]1)C(C)C. The molecule has 4 aromatic rings. The third kappa shape index (κ3) is 6.25. The zero-order chi connectivity index (χ0) is 29.8. The summed E-state index contributed by atoms with van der Waals surface area (Å²) in [5.74, 6) is 1.81. The Hall–Kier alpha value is -4.28. The molecule has 2 aliphatic heterocycles. The predicted octanol–water partition coefficient (Wildman–Crippen LogP) is 5.85. The van der Waals surface area contributed by atoms with E-state index >= 15 is 0 Å². The number of aromatic nitrogens is 4. The maximum atomic E-state index is 13.4. The van der Waals surface area contributed by atoms with Crippen molar-refractivity contribution in [1.82, 2.24) is 30.2 Å². The molecule has 0 bridgehead atoms. The van der Waals surface area contributed by atoms with E-state index in [2.05, 4.69) is 83.7 Å². The standard InChI is InChI=1S/C33H39N7O3/c1-21(2)30(37-20-43-42-3)33(41)40-17-5-7-29(40)32-36-19-28(39-32)25-14-10-23(11-15-25)22-8-12-24(13-9-22)27-18-35-31(38-27)26-6-4-16-34-26/h8-15,18-21,26,29-30,34H,4-7,16-17H2,1-3H3,(H,35,38)(H,36,39)/b37-20+/t26-,29-,30-/m0/s1. The minimum atomic E-state index is -0.544. The second kappa shape index (κ2) is 12.9. The van der Waals surface area contributed by atoms with E-state index in [0.717, 1.165) is 71.1 Å². The summed E-state index contributed by atoms with van der Waals surface area (Å²) >= 11 is 0. The number of amides is 1. The van der Waals surface area contributed by atoms with Crippen LogP contribution in [0.1, 0.15) is 63.3 Å². The van der Waals surface area contributed by atoms with Crippen LogP contribution < -0.4 is 5.32 Å². The molecule has 1 amide bonds. The minimum Gasteiger partial charge on any atom is -0.341 e. The number of benzene rings is 2. The summed E-state index contributed by atoms with van der Waals surface area (Å²) in [5.41, 5.74) is 6.42. The van der Waals surface area contributed by atoms with Gasteiger partial charge < -0.3 is 25.1 Å². The lowest BCUT2D eigenvalue weighted by molar-refractivity contribution is -0.188. The van der Waals surface area contributed by atoms with Gasteiger partial charge in [0, 0.05) is 6.54 Å². The van der Waals surface area contributed by atoms with Crippen molar-refractivity contribution in [3.63, 3.8) is 0 Å². The van der Waals surface area contributed by atoms with Gasteiger partial charge >= 0.3 is 0 Å². The number of carbonyl (C=O) groups is 1. The fraction of sp³-hybridized carbons (Fsp3) is 0.394. The molecule has 0 radical (unpaired) electrons. The van der Waals surface area contributed by atoms with Gasteiger partial charge in [0.25, 0.3) is 0 Å². The van der Waals surface area contributed by atoms with Crippen molar-refractivity contribution in [2.75, 3.05) is 20.2 Å². The first kappa shape index (κ1) is 28.8. The first-order chi connectivity index (χ1) is 21.0. The summed E-state index contributed by atoms with van der Waals surface area (Å²) in [6.07, 6.45) is 9.06. The van der Waals surface area contributed by atoms with Crippen molar-refractivity contribution in [3.05, 3.63) is 72.6 Å². The second-order valence-electron chi connectivity index (χ2n) is 11.6. The number of carbonyl (C=O) groups excluding carboxylic acids is 1. The number of aliphatic imine (C=N–C) groups is 1. The van der Waals surface area contributed by atoms with E-state index in [1.807, 2.05) is 31.1 Å². The molecule has 224 valence electrons. The molecule has 2 aliphatic rings. The van der Waals surface area contributed by atoms with E-state index in [1.165, 1.54) is 19.9 Å². The number of imidazole rings is 2. The number of likely N-dealkylation sites (tertiary alicyclic amines) is 1.